The summed E-state index contributed by atoms with van der Waals surface area (Å²) in [4.78, 5) is 13.0. The van der Waals surface area contributed by atoms with Crippen LogP contribution in [0.1, 0.15) is 19.4 Å². The number of nitrogens with zero attached hydrogens (tertiary/aromatic N) is 1. The number of allylic oxidation sites excluding steroid dienone is 3. The molecule has 2 rings (SSSR count). The van der Waals surface area contributed by atoms with Crippen molar-refractivity contribution in [1.82, 2.24) is 4.90 Å². The van der Waals surface area contributed by atoms with Crippen LogP contribution < -0.4 is 4.74 Å². The normalized spacial score (nSPS) is 13.6. The van der Waals surface area contributed by atoms with Gasteiger partial charge >= 0.3 is 5.97 Å². The van der Waals surface area contributed by atoms with Crippen molar-refractivity contribution in [1.29, 1.82) is 0 Å². The number of carbonyl (C=O) groups excluding carboxylic acids is 1. The Morgan fingerprint density at radius 3 is 2.55 bits per heavy atom. The summed E-state index contributed by atoms with van der Waals surface area (Å²) in [5.74, 6) is 0.229. The van der Waals surface area contributed by atoms with E-state index >= 15 is 0 Å². The minimum atomic E-state index is -0.317. The van der Waals surface area contributed by atoms with Crippen molar-refractivity contribution in [2.24, 2.45) is 0 Å². The van der Waals surface area contributed by atoms with Crippen LogP contribution in [0.3, 0.4) is 0 Å². The second-order valence-electron chi connectivity index (χ2n) is 4.18. The molecular weight excluding hydrogens is 327 g/mol. The van der Waals surface area contributed by atoms with Crippen LogP contribution in [0.2, 0.25) is 0 Å². The molecule has 1 aliphatic heterocycles. The second kappa shape index (κ2) is 7.56. The van der Waals surface area contributed by atoms with E-state index in [-0.39, 0.29) is 38.7 Å². The number of hydrogen-bond acceptors (Lipinski definition) is 3. The minimum absolute atomic E-state index is 0. The van der Waals surface area contributed by atoms with E-state index in [0.717, 1.165) is 23.5 Å². The van der Waals surface area contributed by atoms with Crippen LogP contribution in [0, 0.1) is 6.08 Å². The molecule has 0 spiro atoms. The largest absolute Gasteiger partial charge is 0.427 e. The molecule has 0 saturated carbocycles. The van der Waals surface area contributed by atoms with Gasteiger partial charge < -0.3 is 9.64 Å². The molecule has 101 valence electrons. The van der Waals surface area contributed by atoms with Gasteiger partial charge in [0.1, 0.15) is 5.75 Å². The van der Waals surface area contributed by atoms with Crippen LogP contribution >= 0.6 is 0 Å². The van der Waals surface area contributed by atoms with Crippen LogP contribution in [0.4, 0.5) is 0 Å². The minimum Gasteiger partial charge on any atom is -0.427 e. The molecule has 0 unspecified atom stereocenters. The Balaban J connectivity index is 0.00000200. The molecule has 0 amide bonds. The summed E-state index contributed by atoms with van der Waals surface area (Å²) in [7, 11) is 0. The summed E-state index contributed by atoms with van der Waals surface area (Å²) in [6.07, 6.45) is 7.02. The fourth-order valence-electron chi connectivity index (χ4n) is 1.98. The Labute approximate surface area is 144 Å². The Bertz CT molecular complexity index is 558. The van der Waals surface area contributed by atoms with Crippen LogP contribution in [-0.4, -0.2) is 17.4 Å². The summed E-state index contributed by atoms with van der Waals surface area (Å²) < 4.78 is 5.02. The number of likely N-dealkylation sites (N-methyl/N-ethyl adjacent to an activating group) is 1. The van der Waals surface area contributed by atoms with Crippen LogP contribution in [0.5, 0.6) is 5.75 Å². The smallest absolute Gasteiger partial charge is 0.308 e. The number of rotatable bonds is 3. The third-order valence-electron chi connectivity index (χ3n) is 2.82. The topological polar surface area (TPSA) is 29.5 Å². The maximum Gasteiger partial charge on any atom is 0.308 e. The third-order valence-corrected chi connectivity index (χ3v) is 2.82. The van der Waals surface area contributed by atoms with Crippen LogP contribution in [0.25, 0.3) is 5.70 Å². The van der Waals surface area contributed by atoms with Crippen molar-refractivity contribution in [2.45, 2.75) is 13.8 Å². The van der Waals surface area contributed by atoms with E-state index in [9.17, 15) is 4.79 Å². The number of carbonyl (C=O) groups is 1. The molecule has 0 aliphatic carbocycles. The van der Waals surface area contributed by atoms with E-state index in [2.05, 4.69) is 24.5 Å². The molecule has 1 heterocycles. The van der Waals surface area contributed by atoms with Gasteiger partial charge in [-0.2, -0.15) is 12.2 Å². The van der Waals surface area contributed by atoms with Crippen LogP contribution in [0.15, 0.2) is 48.7 Å². The first-order chi connectivity index (χ1) is 9.11. The van der Waals surface area contributed by atoms with Gasteiger partial charge in [0.15, 0.2) is 0 Å². The molecule has 4 heteroatoms. The second-order valence-corrected chi connectivity index (χ2v) is 4.18. The SMILES string of the molecule is C=C1C=C[C-]=C(c2ccc(OC(C)=O)cc2)N1CC.[Y]. The van der Waals surface area contributed by atoms with Crippen molar-refractivity contribution >= 4 is 11.7 Å². The van der Waals surface area contributed by atoms with E-state index in [1.807, 2.05) is 24.3 Å². The van der Waals surface area contributed by atoms with Gasteiger partial charge in [-0.05, 0) is 24.8 Å². The average Bonchev–Trinajstić information content (AvgIpc) is 2.38. The summed E-state index contributed by atoms with van der Waals surface area (Å²) in [5.41, 5.74) is 2.94. The molecule has 0 fully saturated rings. The first kappa shape index (κ1) is 16.9. The summed E-state index contributed by atoms with van der Waals surface area (Å²) in [5, 5.41) is 0. The van der Waals surface area contributed by atoms with Gasteiger partial charge in [-0.3, -0.25) is 4.79 Å². The molecule has 0 atom stereocenters. The zero-order valence-electron chi connectivity index (χ0n) is 11.7. The van der Waals surface area contributed by atoms with Crippen molar-refractivity contribution in [3.8, 4) is 5.75 Å². The molecule has 0 N–H and O–H groups in total. The quantitative estimate of drug-likeness (QED) is 0.480. The molecule has 1 aromatic carbocycles. The molecule has 20 heavy (non-hydrogen) atoms. The molecule has 1 aliphatic rings. The zero-order chi connectivity index (χ0) is 13.8. The molecule has 0 bridgehead atoms. The van der Waals surface area contributed by atoms with E-state index in [4.69, 9.17) is 4.74 Å². The standard InChI is InChI=1S/C16H16NO2.Y/c1-4-17-12(2)6-5-7-16(17)14-8-10-15(11-9-14)19-13(3)18;/h5-6,8-11H,2,4H2,1,3H3;/q-1;. The maximum absolute atomic E-state index is 10.9. The van der Waals surface area contributed by atoms with Crippen molar-refractivity contribution in [3.05, 3.63) is 60.3 Å². The van der Waals surface area contributed by atoms with Gasteiger partial charge in [-0.15, -0.1) is 18.2 Å². The van der Waals surface area contributed by atoms with Crippen molar-refractivity contribution < 1.29 is 42.2 Å². The molecule has 1 aromatic rings. The number of benzene rings is 1. The van der Waals surface area contributed by atoms with Gasteiger partial charge in [0.2, 0.25) is 0 Å². The predicted octanol–water partition coefficient (Wildman–Crippen LogP) is 3.16. The van der Waals surface area contributed by atoms with Gasteiger partial charge in [0.25, 0.3) is 0 Å². The summed E-state index contributed by atoms with van der Waals surface area (Å²) in [6.45, 7) is 8.30. The fourth-order valence-corrected chi connectivity index (χ4v) is 1.98. The van der Waals surface area contributed by atoms with Crippen molar-refractivity contribution in [3.63, 3.8) is 0 Å². The Morgan fingerprint density at radius 2 is 2.00 bits per heavy atom. The fraction of sp³-hybridized carbons (Fsp3) is 0.188. The summed E-state index contributed by atoms with van der Waals surface area (Å²) >= 11 is 0. The average molecular weight is 343 g/mol. The van der Waals surface area contributed by atoms with E-state index in [0.29, 0.717) is 5.75 Å². The maximum atomic E-state index is 10.9. The van der Waals surface area contributed by atoms with E-state index in [1.165, 1.54) is 6.92 Å². The first-order valence-corrected chi connectivity index (χ1v) is 6.17. The number of esters is 1. The third kappa shape index (κ3) is 3.91. The molecular formula is C16H16NO2Y-. The summed E-state index contributed by atoms with van der Waals surface area (Å²) in [6, 6.07) is 7.38. The van der Waals surface area contributed by atoms with E-state index < -0.39 is 0 Å². The molecule has 3 nitrogen and oxygen atoms in total. The Morgan fingerprint density at radius 1 is 1.35 bits per heavy atom. The zero-order valence-corrected chi connectivity index (χ0v) is 14.6. The predicted molar refractivity (Wildman–Crippen MR) is 75.1 cm³/mol. The Hall–Kier alpha value is -1.19. The molecule has 0 saturated heterocycles. The Kier molecular flexibility index (Phi) is 6.37. The monoisotopic (exact) mass is 343 g/mol. The molecule has 0 aromatic heterocycles. The van der Waals surface area contributed by atoms with Gasteiger partial charge in [0, 0.05) is 46.2 Å². The van der Waals surface area contributed by atoms with Gasteiger partial charge in [-0.25, -0.2) is 0 Å². The van der Waals surface area contributed by atoms with Gasteiger partial charge in [-0.1, -0.05) is 17.8 Å². The van der Waals surface area contributed by atoms with E-state index in [1.54, 1.807) is 12.1 Å². The number of ether oxygens (including phenoxy) is 1. The number of hydrogen-bond donors (Lipinski definition) is 0. The van der Waals surface area contributed by atoms with Crippen molar-refractivity contribution in [2.75, 3.05) is 6.54 Å². The molecule has 1 radical (unpaired) electrons. The first-order valence-electron chi connectivity index (χ1n) is 6.17. The van der Waals surface area contributed by atoms with Gasteiger partial charge in [0.05, 0.1) is 0 Å². The van der Waals surface area contributed by atoms with Crippen LogP contribution in [-0.2, 0) is 37.5 Å².